The zero-order chi connectivity index (χ0) is 26.4. The zero-order valence-electron chi connectivity index (χ0n) is 18.0. The molecule has 1 fully saturated rings. The molecule has 3 aromatic rings. The van der Waals surface area contributed by atoms with E-state index in [1.54, 1.807) is 0 Å². The second kappa shape index (κ2) is 9.65. The monoisotopic (exact) mass is 561 g/mol. The van der Waals surface area contributed by atoms with Crippen LogP contribution in [0.1, 0.15) is 33.0 Å². The average Bonchev–Trinajstić information content (AvgIpc) is 3.39. The van der Waals surface area contributed by atoms with Crippen LogP contribution in [0.5, 0.6) is 0 Å². The van der Waals surface area contributed by atoms with Crippen LogP contribution in [0.25, 0.3) is 0 Å². The molecule has 0 aromatic heterocycles. The molecule has 1 amide bonds. The number of nitrogens with one attached hydrogen (secondary N) is 1. The molecular formula is C25H15Cl3F5NO2. The quantitative estimate of drug-likeness (QED) is 0.191. The number of alkyl halides is 5. The predicted molar refractivity (Wildman–Crippen MR) is 127 cm³/mol. The van der Waals surface area contributed by atoms with Crippen LogP contribution in [-0.4, -0.2) is 16.0 Å². The normalized spacial score (nSPS) is 18.6. The van der Waals surface area contributed by atoms with E-state index in [1.165, 1.54) is 36.4 Å². The molecule has 0 radical (unpaired) electrons. The number of rotatable bonds is 6. The Bertz CT molecular complexity index is 1340. The molecule has 2 unspecified atom stereocenters. The molecule has 0 bridgehead atoms. The van der Waals surface area contributed by atoms with Crippen molar-refractivity contribution in [2.24, 2.45) is 5.92 Å². The highest BCUT2D eigenvalue weighted by atomic mass is 35.5. The smallest absolute Gasteiger partial charge is 0.326 e. The molecule has 11 heteroatoms. The molecule has 3 aromatic carbocycles. The molecule has 1 aliphatic carbocycles. The van der Waals surface area contributed by atoms with Gasteiger partial charge in [-0.1, -0.05) is 35.9 Å². The summed E-state index contributed by atoms with van der Waals surface area (Å²) in [5.74, 6) is -5.15. The van der Waals surface area contributed by atoms with E-state index in [0.29, 0.717) is 0 Å². The van der Waals surface area contributed by atoms with Crippen molar-refractivity contribution in [3.8, 4) is 0 Å². The van der Waals surface area contributed by atoms with Crippen molar-refractivity contribution in [1.29, 1.82) is 0 Å². The van der Waals surface area contributed by atoms with Gasteiger partial charge in [-0.15, -0.1) is 23.2 Å². The Morgan fingerprint density at radius 2 is 1.58 bits per heavy atom. The Kier molecular flexibility index (Phi) is 7.07. The molecule has 1 N–H and O–H groups in total. The number of hydrogen-bond acceptors (Lipinski definition) is 2. The zero-order valence-corrected chi connectivity index (χ0v) is 20.2. The predicted octanol–water partition coefficient (Wildman–Crippen LogP) is 7.59. The first-order valence-corrected chi connectivity index (χ1v) is 11.6. The fourth-order valence-electron chi connectivity index (χ4n) is 3.97. The van der Waals surface area contributed by atoms with Crippen LogP contribution in [0, 0.1) is 17.6 Å². The molecule has 2 atom stereocenters. The lowest BCUT2D eigenvalue weighted by Gasteiger charge is -2.10. The van der Waals surface area contributed by atoms with Crippen LogP contribution in [0.15, 0.2) is 60.7 Å². The van der Waals surface area contributed by atoms with Crippen molar-refractivity contribution < 1.29 is 31.5 Å². The van der Waals surface area contributed by atoms with Crippen LogP contribution in [0.2, 0.25) is 5.02 Å². The van der Waals surface area contributed by atoms with Gasteiger partial charge in [-0.25, -0.2) is 8.78 Å². The molecule has 1 saturated carbocycles. The molecule has 1 aliphatic rings. The standard InChI is InChI=1S/C25H15Cl3F5NO2/c26-17-8-7-14(10-15(17)20(35)11-16-18(29)5-2-6-19(16)30)34-23(36)22-21(24(22,27)28)12-3-1-4-13(9-12)25(31,32)33/h1-10,21-22H,11H2,(H,34,36). The van der Waals surface area contributed by atoms with Crippen molar-refractivity contribution in [3.63, 3.8) is 0 Å². The molecule has 188 valence electrons. The van der Waals surface area contributed by atoms with Crippen molar-refractivity contribution in [2.45, 2.75) is 22.8 Å². The van der Waals surface area contributed by atoms with E-state index in [-0.39, 0.29) is 21.8 Å². The SMILES string of the molecule is O=C(Cc1c(F)cccc1F)c1cc(NC(=O)C2C(c3cccc(C(F)(F)F)c3)C2(Cl)Cl)ccc1Cl. The van der Waals surface area contributed by atoms with E-state index in [9.17, 15) is 31.5 Å². The Morgan fingerprint density at radius 3 is 2.22 bits per heavy atom. The lowest BCUT2D eigenvalue weighted by atomic mass is 10.0. The molecule has 3 nitrogen and oxygen atoms in total. The summed E-state index contributed by atoms with van der Waals surface area (Å²) in [5, 5.41) is 2.52. The van der Waals surface area contributed by atoms with E-state index in [4.69, 9.17) is 34.8 Å². The van der Waals surface area contributed by atoms with Gasteiger partial charge in [-0.2, -0.15) is 13.2 Å². The average molecular weight is 563 g/mol. The van der Waals surface area contributed by atoms with Crippen LogP contribution in [0.3, 0.4) is 0 Å². The number of carbonyl (C=O) groups is 2. The molecule has 0 saturated heterocycles. The minimum atomic E-state index is -4.58. The summed E-state index contributed by atoms with van der Waals surface area (Å²) in [4.78, 5) is 25.6. The highest BCUT2D eigenvalue weighted by Gasteiger charge is 2.67. The first kappa shape index (κ1) is 26.4. The molecule has 36 heavy (non-hydrogen) atoms. The lowest BCUT2D eigenvalue weighted by molar-refractivity contribution is -0.137. The topological polar surface area (TPSA) is 46.2 Å². The molecular weight excluding hydrogens is 548 g/mol. The minimum absolute atomic E-state index is 0.00737. The summed E-state index contributed by atoms with van der Waals surface area (Å²) >= 11 is 18.6. The number of carbonyl (C=O) groups excluding carboxylic acids is 2. The van der Waals surface area contributed by atoms with Gasteiger partial charge in [0, 0.05) is 29.2 Å². The van der Waals surface area contributed by atoms with Crippen molar-refractivity contribution in [3.05, 3.63) is 99.6 Å². The number of amides is 1. The number of Topliss-reactive ketones (excluding diaryl/α,β-unsaturated/α-hetero) is 1. The lowest BCUT2D eigenvalue weighted by Crippen LogP contribution is -2.17. The maximum atomic E-state index is 13.9. The first-order valence-electron chi connectivity index (χ1n) is 10.4. The van der Waals surface area contributed by atoms with Crippen molar-refractivity contribution in [1.82, 2.24) is 0 Å². The van der Waals surface area contributed by atoms with Gasteiger partial charge in [0.2, 0.25) is 5.91 Å². The summed E-state index contributed by atoms with van der Waals surface area (Å²) in [5.41, 5.74) is -1.16. The van der Waals surface area contributed by atoms with Gasteiger partial charge in [0.1, 0.15) is 16.0 Å². The van der Waals surface area contributed by atoms with Crippen LogP contribution < -0.4 is 5.32 Å². The van der Waals surface area contributed by atoms with E-state index < -0.39 is 63.2 Å². The van der Waals surface area contributed by atoms with Gasteiger partial charge in [0.05, 0.1) is 16.5 Å². The Balaban J connectivity index is 1.53. The second-order valence-corrected chi connectivity index (χ2v) is 10.1. The van der Waals surface area contributed by atoms with E-state index in [2.05, 4.69) is 5.32 Å². The third-order valence-electron chi connectivity index (χ3n) is 5.84. The molecule has 0 spiro atoms. The number of halogens is 8. The summed E-state index contributed by atoms with van der Waals surface area (Å²) in [6.07, 6.45) is -5.19. The Hall–Kier alpha value is -2.68. The van der Waals surface area contributed by atoms with Gasteiger partial charge in [0.15, 0.2) is 5.78 Å². The number of ketones is 1. The number of hydrogen-bond donors (Lipinski definition) is 1. The Labute approximate surface area is 217 Å². The molecule has 0 heterocycles. The van der Waals surface area contributed by atoms with Crippen LogP contribution in [-0.2, 0) is 17.4 Å². The maximum absolute atomic E-state index is 13.9. The summed E-state index contributed by atoms with van der Waals surface area (Å²) in [6, 6.07) is 11.5. The van der Waals surface area contributed by atoms with E-state index in [1.807, 2.05) is 0 Å². The minimum Gasteiger partial charge on any atom is -0.326 e. The largest absolute Gasteiger partial charge is 0.416 e. The highest BCUT2D eigenvalue weighted by molar-refractivity contribution is 6.53. The molecule has 4 rings (SSSR count). The summed E-state index contributed by atoms with van der Waals surface area (Å²) in [6.45, 7) is 0. The third-order valence-corrected chi connectivity index (χ3v) is 7.11. The third kappa shape index (κ3) is 5.21. The van der Waals surface area contributed by atoms with E-state index in [0.717, 1.165) is 24.3 Å². The first-order chi connectivity index (χ1) is 16.8. The maximum Gasteiger partial charge on any atom is 0.416 e. The fourth-order valence-corrected chi connectivity index (χ4v) is 5.02. The van der Waals surface area contributed by atoms with Crippen molar-refractivity contribution >= 4 is 52.2 Å². The molecule has 0 aliphatic heterocycles. The second-order valence-electron chi connectivity index (χ2n) is 8.24. The van der Waals surface area contributed by atoms with Gasteiger partial charge in [0.25, 0.3) is 0 Å². The van der Waals surface area contributed by atoms with Gasteiger partial charge < -0.3 is 5.32 Å². The van der Waals surface area contributed by atoms with Crippen LogP contribution in [0.4, 0.5) is 27.6 Å². The van der Waals surface area contributed by atoms with Gasteiger partial charge in [-0.05, 0) is 42.0 Å². The number of benzene rings is 3. The Morgan fingerprint density at radius 1 is 0.944 bits per heavy atom. The summed E-state index contributed by atoms with van der Waals surface area (Å²) in [7, 11) is 0. The van der Waals surface area contributed by atoms with Gasteiger partial charge in [-0.3, -0.25) is 9.59 Å². The van der Waals surface area contributed by atoms with Crippen molar-refractivity contribution in [2.75, 3.05) is 5.32 Å². The summed E-state index contributed by atoms with van der Waals surface area (Å²) < 4.78 is 65.5. The number of anilines is 1. The highest BCUT2D eigenvalue weighted by Crippen LogP contribution is 2.65. The van der Waals surface area contributed by atoms with Gasteiger partial charge >= 0.3 is 6.18 Å². The fraction of sp³-hybridized carbons (Fsp3) is 0.200. The van der Waals surface area contributed by atoms with Crippen LogP contribution >= 0.6 is 34.8 Å². The van der Waals surface area contributed by atoms with E-state index >= 15 is 0 Å².